The van der Waals surface area contributed by atoms with Crippen LogP contribution in [-0.2, 0) is 11.3 Å². The molecule has 3 aliphatic heterocycles. The molecule has 1 aromatic heterocycles. The van der Waals surface area contributed by atoms with Gasteiger partial charge in [0.05, 0.1) is 13.2 Å². The van der Waals surface area contributed by atoms with Crippen molar-refractivity contribution < 1.29 is 4.74 Å². The summed E-state index contributed by atoms with van der Waals surface area (Å²) in [7, 11) is 0. The first-order chi connectivity index (χ1) is 14.7. The summed E-state index contributed by atoms with van der Waals surface area (Å²) < 4.78 is 7.40. The van der Waals surface area contributed by atoms with E-state index in [4.69, 9.17) is 16.3 Å². The van der Waals surface area contributed by atoms with Crippen molar-refractivity contribution >= 4 is 23.0 Å². The number of nitrogens with one attached hydrogen (secondary N) is 1. The molecule has 4 heterocycles. The number of ether oxygens (including phenoxy) is 1. The molecule has 160 valence electrons. The van der Waals surface area contributed by atoms with E-state index in [0.717, 1.165) is 81.8 Å². The minimum atomic E-state index is 0.130. The van der Waals surface area contributed by atoms with E-state index in [2.05, 4.69) is 33.3 Å². The number of halogens is 1. The van der Waals surface area contributed by atoms with Gasteiger partial charge in [-0.3, -0.25) is 9.69 Å². The van der Waals surface area contributed by atoms with Crippen LogP contribution >= 0.6 is 11.6 Å². The Morgan fingerprint density at radius 1 is 1.10 bits per heavy atom. The number of hydrogen-bond donors (Lipinski definition) is 1. The highest BCUT2D eigenvalue weighted by molar-refractivity contribution is 6.31. The van der Waals surface area contributed by atoms with Crippen molar-refractivity contribution in [3.63, 3.8) is 0 Å². The summed E-state index contributed by atoms with van der Waals surface area (Å²) in [6.45, 7) is 8.26. The van der Waals surface area contributed by atoms with E-state index in [1.165, 1.54) is 5.69 Å². The second-order valence-electron chi connectivity index (χ2n) is 8.68. The first-order valence-corrected chi connectivity index (χ1v) is 11.3. The van der Waals surface area contributed by atoms with E-state index in [1.807, 2.05) is 16.7 Å². The Hall–Kier alpha value is -2.02. The summed E-state index contributed by atoms with van der Waals surface area (Å²) in [5, 5.41) is 4.30. The molecule has 2 saturated heterocycles. The van der Waals surface area contributed by atoms with Crippen molar-refractivity contribution in [2.45, 2.75) is 18.9 Å². The van der Waals surface area contributed by atoms with Crippen LogP contribution in [0.2, 0.25) is 5.02 Å². The van der Waals surface area contributed by atoms with Crippen LogP contribution in [0.15, 0.2) is 41.2 Å². The fourth-order valence-corrected chi connectivity index (χ4v) is 5.38. The molecule has 6 nitrogen and oxygen atoms in total. The van der Waals surface area contributed by atoms with Crippen molar-refractivity contribution in [1.29, 1.82) is 0 Å². The molecule has 0 spiro atoms. The maximum Gasteiger partial charge on any atom is 0.250 e. The number of morpholine rings is 1. The van der Waals surface area contributed by atoms with E-state index < -0.39 is 0 Å². The number of piperidine rings is 1. The molecule has 1 N–H and O–H groups in total. The van der Waals surface area contributed by atoms with E-state index >= 15 is 0 Å². The quantitative estimate of drug-likeness (QED) is 0.793. The van der Waals surface area contributed by atoms with Gasteiger partial charge in [-0.2, -0.15) is 0 Å². The number of nitrogens with zero attached hydrogens (tertiary/aromatic N) is 3. The van der Waals surface area contributed by atoms with Gasteiger partial charge in [0.1, 0.15) is 0 Å². The van der Waals surface area contributed by atoms with Crippen LogP contribution in [0.4, 0.5) is 11.4 Å². The molecule has 1 aromatic carbocycles. The Labute approximate surface area is 182 Å². The van der Waals surface area contributed by atoms with E-state index in [9.17, 15) is 4.79 Å². The average molecular weight is 429 g/mol. The lowest BCUT2D eigenvalue weighted by molar-refractivity contribution is 0.0398. The molecule has 7 heteroatoms. The van der Waals surface area contributed by atoms with Crippen molar-refractivity contribution in [2.75, 3.05) is 62.7 Å². The zero-order valence-corrected chi connectivity index (χ0v) is 18.0. The normalized spacial score (nSPS) is 23.8. The van der Waals surface area contributed by atoms with Crippen LogP contribution in [0, 0.1) is 5.92 Å². The van der Waals surface area contributed by atoms with Gasteiger partial charge < -0.3 is 19.5 Å². The van der Waals surface area contributed by atoms with Gasteiger partial charge in [0.2, 0.25) is 0 Å². The van der Waals surface area contributed by atoms with Crippen LogP contribution in [0.5, 0.6) is 0 Å². The summed E-state index contributed by atoms with van der Waals surface area (Å²) in [6.07, 6.45) is 1.16. The van der Waals surface area contributed by atoms with E-state index in [1.54, 1.807) is 6.07 Å². The zero-order chi connectivity index (χ0) is 20.5. The largest absolute Gasteiger partial charge is 0.384 e. The maximum atomic E-state index is 12.3. The molecule has 0 radical (unpaired) electrons. The number of pyridine rings is 1. The third-order valence-electron chi connectivity index (χ3n) is 6.59. The molecule has 0 amide bonds. The Morgan fingerprint density at radius 3 is 2.83 bits per heavy atom. The standard InChI is InChI=1S/C23H29ClN4O2/c24-19-11-20(25-4-5-26-6-8-30-9-7-26)13-21(12-19)27-14-17-10-18(16-27)22-2-1-3-23(29)28(22)15-17/h1-3,11-13,17-18,25H,4-10,14-16H2. The van der Waals surface area contributed by atoms with Gasteiger partial charge in [0.15, 0.2) is 0 Å². The smallest absolute Gasteiger partial charge is 0.250 e. The Kier molecular flexibility index (Phi) is 5.72. The summed E-state index contributed by atoms with van der Waals surface area (Å²) >= 11 is 6.48. The minimum Gasteiger partial charge on any atom is -0.384 e. The molecule has 2 unspecified atom stereocenters. The highest BCUT2D eigenvalue weighted by Crippen LogP contribution is 2.38. The number of anilines is 2. The maximum absolute atomic E-state index is 12.3. The van der Waals surface area contributed by atoms with Gasteiger partial charge in [0, 0.05) is 79.9 Å². The Balaban J connectivity index is 1.28. The second kappa shape index (κ2) is 8.61. The molecule has 5 rings (SSSR count). The number of aromatic nitrogens is 1. The summed E-state index contributed by atoms with van der Waals surface area (Å²) in [4.78, 5) is 17.1. The molecule has 2 aromatic rings. The van der Waals surface area contributed by atoms with Gasteiger partial charge in [0.25, 0.3) is 5.56 Å². The SMILES string of the molecule is O=c1cccc2n1CC1CC2CN(c2cc(Cl)cc(NCCN3CCOCC3)c2)C1. The third-order valence-corrected chi connectivity index (χ3v) is 6.81. The molecule has 3 aliphatic rings. The predicted octanol–water partition coefficient (Wildman–Crippen LogP) is 2.87. The van der Waals surface area contributed by atoms with E-state index in [0.29, 0.717) is 11.8 Å². The minimum absolute atomic E-state index is 0.130. The molecule has 2 atom stereocenters. The lowest BCUT2D eigenvalue weighted by atomic mass is 9.83. The predicted molar refractivity (Wildman–Crippen MR) is 121 cm³/mol. The van der Waals surface area contributed by atoms with Gasteiger partial charge in [-0.1, -0.05) is 17.7 Å². The molecular formula is C23H29ClN4O2. The van der Waals surface area contributed by atoms with Gasteiger partial charge >= 0.3 is 0 Å². The zero-order valence-electron chi connectivity index (χ0n) is 17.2. The molecular weight excluding hydrogens is 400 g/mol. The number of rotatable bonds is 5. The van der Waals surface area contributed by atoms with Crippen molar-refractivity contribution in [1.82, 2.24) is 9.47 Å². The van der Waals surface area contributed by atoms with Crippen LogP contribution < -0.4 is 15.8 Å². The lowest BCUT2D eigenvalue weighted by Crippen LogP contribution is -2.47. The first kappa shape index (κ1) is 19.9. The molecule has 2 bridgehead atoms. The molecule has 0 aliphatic carbocycles. The summed E-state index contributed by atoms with van der Waals surface area (Å²) in [5.41, 5.74) is 3.54. The average Bonchev–Trinajstić information content (AvgIpc) is 2.75. The van der Waals surface area contributed by atoms with Crippen LogP contribution in [0.1, 0.15) is 18.0 Å². The molecule has 0 saturated carbocycles. The lowest BCUT2D eigenvalue weighted by Gasteiger charge is -2.44. The van der Waals surface area contributed by atoms with Crippen molar-refractivity contribution in [3.05, 3.63) is 57.5 Å². The monoisotopic (exact) mass is 428 g/mol. The summed E-state index contributed by atoms with van der Waals surface area (Å²) in [6, 6.07) is 12.0. The molecule has 2 fully saturated rings. The van der Waals surface area contributed by atoms with Gasteiger partial charge in [-0.05, 0) is 36.6 Å². The fraction of sp³-hybridized carbons (Fsp3) is 0.522. The number of benzene rings is 1. The van der Waals surface area contributed by atoms with Gasteiger partial charge in [-0.15, -0.1) is 0 Å². The first-order valence-electron chi connectivity index (χ1n) is 10.9. The van der Waals surface area contributed by atoms with E-state index in [-0.39, 0.29) is 5.56 Å². The van der Waals surface area contributed by atoms with Gasteiger partial charge in [-0.25, -0.2) is 0 Å². The highest BCUT2D eigenvalue weighted by atomic mass is 35.5. The number of fused-ring (bicyclic) bond motifs is 4. The topological polar surface area (TPSA) is 49.7 Å². The molecule has 30 heavy (non-hydrogen) atoms. The van der Waals surface area contributed by atoms with Crippen molar-refractivity contribution in [3.8, 4) is 0 Å². The van der Waals surface area contributed by atoms with Crippen LogP contribution in [0.3, 0.4) is 0 Å². The van der Waals surface area contributed by atoms with Crippen LogP contribution in [0.25, 0.3) is 0 Å². The second-order valence-corrected chi connectivity index (χ2v) is 9.12. The van der Waals surface area contributed by atoms with Crippen LogP contribution in [-0.4, -0.2) is 61.9 Å². The summed E-state index contributed by atoms with van der Waals surface area (Å²) in [5.74, 6) is 0.885. The number of hydrogen-bond acceptors (Lipinski definition) is 5. The third kappa shape index (κ3) is 4.22. The fourth-order valence-electron chi connectivity index (χ4n) is 5.15. The van der Waals surface area contributed by atoms with Crippen molar-refractivity contribution in [2.24, 2.45) is 5.92 Å². The Bertz CT molecular complexity index is 956. The Morgan fingerprint density at radius 2 is 1.97 bits per heavy atom. The highest BCUT2D eigenvalue weighted by Gasteiger charge is 2.34.